The van der Waals surface area contributed by atoms with E-state index in [0.717, 1.165) is 12.1 Å². The average molecular weight is 299 g/mol. The minimum absolute atomic E-state index is 0.0904. The Morgan fingerprint density at radius 1 is 1.05 bits per heavy atom. The third-order valence-corrected chi connectivity index (χ3v) is 2.87. The van der Waals surface area contributed by atoms with Crippen molar-refractivity contribution in [1.29, 1.82) is 0 Å². The van der Waals surface area contributed by atoms with Crippen molar-refractivity contribution in [2.45, 2.75) is 12.7 Å². The number of hydrogen-bond acceptors (Lipinski definition) is 2. The summed E-state index contributed by atoms with van der Waals surface area (Å²) in [5, 5.41) is 2.93. The van der Waals surface area contributed by atoms with Gasteiger partial charge in [-0.1, -0.05) is 0 Å². The van der Waals surface area contributed by atoms with E-state index in [-0.39, 0.29) is 12.1 Å². The molecule has 1 N–H and O–H groups in total. The van der Waals surface area contributed by atoms with Gasteiger partial charge in [-0.2, -0.15) is 13.2 Å². The highest BCUT2D eigenvalue weighted by Gasteiger charge is 2.31. The van der Waals surface area contributed by atoms with Gasteiger partial charge in [0.15, 0.2) is 0 Å². The van der Waals surface area contributed by atoms with Crippen molar-refractivity contribution < 1.29 is 22.3 Å². The molecular weight excluding hydrogens is 286 g/mol. The SMILES string of the molecule is COc1ccc(NCc2cc(F)cc(C(F)(F)F)c2)cc1. The molecule has 0 amide bonds. The number of rotatable bonds is 4. The van der Waals surface area contributed by atoms with Crippen LogP contribution < -0.4 is 10.1 Å². The molecule has 0 radical (unpaired) electrons. The van der Waals surface area contributed by atoms with Crippen LogP contribution in [0.4, 0.5) is 23.2 Å². The maximum Gasteiger partial charge on any atom is 0.416 e. The Hall–Kier alpha value is -2.24. The van der Waals surface area contributed by atoms with E-state index in [9.17, 15) is 17.6 Å². The Labute approximate surface area is 119 Å². The molecule has 0 aliphatic heterocycles. The van der Waals surface area contributed by atoms with E-state index in [4.69, 9.17) is 4.74 Å². The summed E-state index contributed by atoms with van der Waals surface area (Å²) >= 11 is 0. The van der Waals surface area contributed by atoms with Crippen molar-refractivity contribution >= 4 is 5.69 Å². The second kappa shape index (κ2) is 6.03. The average Bonchev–Trinajstić information content (AvgIpc) is 2.44. The van der Waals surface area contributed by atoms with Gasteiger partial charge in [-0.15, -0.1) is 0 Å². The molecule has 0 fully saturated rings. The topological polar surface area (TPSA) is 21.3 Å². The van der Waals surface area contributed by atoms with E-state index in [1.165, 1.54) is 7.11 Å². The molecule has 2 rings (SSSR count). The Kier molecular flexibility index (Phi) is 4.35. The third-order valence-electron chi connectivity index (χ3n) is 2.87. The maximum atomic E-state index is 13.2. The van der Waals surface area contributed by atoms with E-state index in [1.807, 2.05) is 0 Å². The van der Waals surface area contributed by atoms with Gasteiger partial charge in [0.05, 0.1) is 12.7 Å². The van der Waals surface area contributed by atoms with Gasteiger partial charge in [-0.3, -0.25) is 0 Å². The van der Waals surface area contributed by atoms with Crippen LogP contribution in [0.15, 0.2) is 42.5 Å². The number of benzene rings is 2. The fourth-order valence-corrected chi connectivity index (χ4v) is 1.83. The molecule has 0 aliphatic carbocycles. The minimum Gasteiger partial charge on any atom is -0.497 e. The van der Waals surface area contributed by atoms with Crippen LogP contribution in [0.3, 0.4) is 0 Å². The lowest BCUT2D eigenvalue weighted by atomic mass is 10.1. The predicted molar refractivity (Wildman–Crippen MR) is 71.7 cm³/mol. The van der Waals surface area contributed by atoms with Crippen LogP contribution in [0.2, 0.25) is 0 Å². The largest absolute Gasteiger partial charge is 0.497 e. The van der Waals surface area contributed by atoms with Crippen molar-refractivity contribution in [2.75, 3.05) is 12.4 Å². The fourth-order valence-electron chi connectivity index (χ4n) is 1.83. The monoisotopic (exact) mass is 299 g/mol. The first-order valence-corrected chi connectivity index (χ1v) is 6.13. The molecule has 0 unspecified atom stereocenters. The smallest absolute Gasteiger partial charge is 0.416 e. The second-order valence-electron chi connectivity index (χ2n) is 4.43. The number of alkyl halides is 3. The zero-order valence-corrected chi connectivity index (χ0v) is 11.2. The molecule has 2 nitrogen and oxygen atoms in total. The number of halogens is 4. The van der Waals surface area contributed by atoms with E-state index < -0.39 is 17.6 Å². The lowest BCUT2D eigenvalue weighted by Crippen LogP contribution is -2.08. The Balaban J connectivity index is 2.10. The van der Waals surface area contributed by atoms with Gasteiger partial charge < -0.3 is 10.1 Å². The zero-order valence-electron chi connectivity index (χ0n) is 11.2. The van der Waals surface area contributed by atoms with Crippen molar-refractivity contribution in [1.82, 2.24) is 0 Å². The van der Waals surface area contributed by atoms with E-state index >= 15 is 0 Å². The third kappa shape index (κ3) is 4.11. The maximum absolute atomic E-state index is 13.2. The van der Waals surface area contributed by atoms with Gasteiger partial charge in [-0.05, 0) is 48.0 Å². The number of nitrogens with one attached hydrogen (secondary N) is 1. The number of anilines is 1. The van der Waals surface area contributed by atoms with Gasteiger partial charge in [0.25, 0.3) is 0 Å². The first-order chi connectivity index (χ1) is 9.88. The lowest BCUT2D eigenvalue weighted by molar-refractivity contribution is -0.137. The molecule has 0 aliphatic rings. The van der Waals surface area contributed by atoms with Crippen LogP contribution in [-0.2, 0) is 12.7 Å². The highest BCUT2D eigenvalue weighted by molar-refractivity contribution is 5.47. The summed E-state index contributed by atoms with van der Waals surface area (Å²) in [6, 6.07) is 9.37. The molecule has 0 heterocycles. The summed E-state index contributed by atoms with van der Waals surface area (Å²) in [7, 11) is 1.54. The quantitative estimate of drug-likeness (QED) is 0.841. The van der Waals surface area contributed by atoms with Crippen molar-refractivity contribution in [3.8, 4) is 5.75 Å². The van der Waals surface area contributed by atoms with Crippen LogP contribution >= 0.6 is 0 Å². The summed E-state index contributed by atoms with van der Waals surface area (Å²) in [5.74, 6) is -0.234. The molecule has 6 heteroatoms. The Morgan fingerprint density at radius 3 is 2.29 bits per heavy atom. The summed E-state index contributed by atoms with van der Waals surface area (Å²) in [4.78, 5) is 0. The number of ether oxygens (including phenoxy) is 1. The Bertz CT molecular complexity index is 608. The molecule has 0 spiro atoms. The van der Waals surface area contributed by atoms with Gasteiger partial charge >= 0.3 is 6.18 Å². The predicted octanol–water partition coefficient (Wildman–Crippen LogP) is 4.47. The van der Waals surface area contributed by atoms with Gasteiger partial charge in [0, 0.05) is 12.2 Å². The zero-order chi connectivity index (χ0) is 15.5. The normalized spacial score (nSPS) is 11.3. The number of methoxy groups -OCH3 is 1. The van der Waals surface area contributed by atoms with Crippen LogP contribution in [0.1, 0.15) is 11.1 Å². The summed E-state index contributed by atoms with van der Waals surface area (Å²) in [6.45, 7) is 0.0904. The molecule has 0 aromatic heterocycles. The standard InChI is InChI=1S/C15H13F4NO/c1-21-14-4-2-13(3-5-14)20-9-10-6-11(15(17,18)19)8-12(16)7-10/h2-8,20H,9H2,1H3. The lowest BCUT2D eigenvalue weighted by Gasteiger charge is -2.11. The molecule has 21 heavy (non-hydrogen) atoms. The van der Waals surface area contributed by atoms with Gasteiger partial charge in [0.2, 0.25) is 0 Å². The first kappa shape index (κ1) is 15.2. The van der Waals surface area contributed by atoms with Crippen molar-refractivity contribution in [3.05, 3.63) is 59.4 Å². The molecule has 2 aromatic carbocycles. The first-order valence-electron chi connectivity index (χ1n) is 6.13. The van der Waals surface area contributed by atoms with Crippen molar-refractivity contribution in [2.24, 2.45) is 0 Å². The van der Waals surface area contributed by atoms with Crippen LogP contribution in [0.5, 0.6) is 5.75 Å². The number of hydrogen-bond donors (Lipinski definition) is 1. The van der Waals surface area contributed by atoms with Crippen LogP contribution in [0, 0.1) is 5.82 Å². The molecule has 2 aromatic rings. The van der Waals surface area contributed by atoms with Crippen molar-refractivity contribution in [3.63, 3.8) is 0 Å². The second-order valence-corrected chi connectivity index (χ2v) is 4.43. The van der Waals surface area contributed by atoms with Crippen LogP contribution in [-0.4, -0.2) is 7.11 Å². The Morgan fingerprint density at radius 2 is 1.71 bits per heavy atom. The highest BCUT2D eigenvalue weighted by Crippen LogP contribution is 2.30. The molecule has 0 bridgehead atoms. The molecule has 0 saturated carbocycles. The molecule has 0 atom stereocenters. The molecule has 112 valence electrons. The van der Waals surface area contributed by atoms with E-state index in [0.29, 0.717) is 17.5 Å². The summed E-state index contributed by atoms with van der Waals surface area (Å²) < 4.78 is 56.0. The van der Waals surface area contributed by atoms with Crippen LogP contribution in [0.25, 0.3) is 0 Å². The summed E-state index contributed by atoms with van der Waals surface area (Å²) in [6.07, 6.45) is -4.56. The fraction of sp³-hybridized carbons (Fsp3) is 0.200. The molecular formula is C15H13F4NO. The van der Waals surface area contributed by atoms with E-state index in [1.54, 1.807) is 24.3 Å². The van der Waals surface area contributed by atoms with E-state index in [2.05, 4.69) is 5.32 Å². The van der Waals surface area contributed by atoms with Gasteiger partial charge in [-0.25, -0.2) is 4.39 Å². The molecule has 0 saturated heterocycles. The van der Waals surface area contributed by atoms with Gasteiger partial charge in [0.1, 0.15) is 11.6 Å². The minimum atomic E-state index is -4.56. The summed E-state index contributed by atoms with van der Waals surface area (Å²) in [5.41, 5.74) is -0.0687. The highest BCUT2D eigenvalue weighted by atomic mass is 19.4.